The van der Waals surface area contributed by atoms with Gasteiger partial charge in [0.1, 0.15) is 4.90 Å². The Morgan fingerprint density at radius 1 is 1.39 bits per heavy atom. The minimum absolute atomic E-state index is 0.0915. The number of aromatic nitrogens is 1. The van der Waals surface area contributed by atoms with E-state index in [9.17, 15) is 26.8 Å². The fourth-order valence-electron chi connectivity index (χ4n) is 1.08. The Kier molecular flexibility index (Phi) is 4.05. The smallest absolute Gasteiger partial charge is 0.422 e. The van der Waals surface area contributed by atoms with E-state index in [1.54, 1.807) is 0 Å². The largest absolute Gasteiger partial charge is 0.619 e. The Morgan fingerprint density at radius 2 is 2.00 bits per heavy atom. The van der Waals surface area contributed by atoms with Crippen LogP contribution in [0.25, 0.3) is 0 Å². The molecular formula is C9H10F3NO4S. The standard InChI is InChI=1S/C9H10F3NO4S/c1-2-18(15,16)8-3-7(4-13(14)5-8)17-6-9(10,11)12/h3-5H,2,6H2,1H3. The fraction of sp³-hybridized carbons (Fsp3) is 0.444. The van der Waals surface area contributed by atoms with Crippen LogP contribution in [-0.2, 0) is 9.84 Å². The summed E-state index contributed by atoms with van der Waals surface area (Å²) in [5.41, 5.74) is 0. The van der Waals surface area contributed by atoms with Gasteiger partial charge in [-0.15, -0.1) is 0 Å². The van der Waals surface area contributed by atoms with E-state index in [2.05, 4.69) is 4.74 Å². The molecule has 0 aliphatic rings. The molecule has 0 saturated heterocycles. The highest BCUT2D eigenvalue weighted by Gasteiger charge is 2.29. The lowest BCUT2D eigenvalue weighted by Gasteiger charge is -2.09. The van der Waals surface area contributed by atoms with E-state index in [1.165, 1.54) is 6.92 Å². The summed E-state index contributed by atoms with van der Waals surface area (Å²) in [5.74, 6) is -0.715. The zero-order chi connectivity index (χ0) is 14.0. The number of pyridine rings is 1. The highest BCUT2D eigenvalue weighted by Crippen LogP contribution is 2.20. The van der Waals surface area contributed by atoms with Gasteiger partial charge in [-0.25, -0.2) is 8.42 Å². The number of sulfone groups is 1. The Labute approximate surface area is 101 Å². The highest BCUT2D eigenvalue weighted by molar-refractivity contribution is 7.91. The summed E-state index contributed by atoms with van der Waals surface area (Å²) in [7, 11) is -3.68. The average molecular weight is 285 g/mol. The second kappa shape index (κ2) is 5.01. The number of halogens is 3. The van der Waals surface area contributed by atoms with Gasteiger partial charge >= 0.3 is 6.18 Å². The van der Waals surface area contributed by atoms with E-state index in [-0.39, 0.29) is 15.4 Å². The van der Waals surface area contributed by atoms with E-state index in [1.807, 2.05) is 0 Å². The molecule has 0 aliphatic carbocycles. The lowest BCUT2D eigenvalue weighted by atomic mass is 10.4. The first kappa shape index (κ1) is 14.6. The van der Waals surface area contributed by atoms with Gasteiger partial charge in [0.2, 0.25) is 6.20 Å². The number of hydrogen-bond acceptors (Lipinski definition) is 4. The van der Waals surface area contributed by atoms with Crippen LogP contribution in [0.3, 0.4) is 0 Å². The molecule has 0 radical (unpaired) electrons. The summed E-state index contributed by atoms with van der Waals surface area (Å²) < 4.78 is 63.1. The van der Waals surface area contributed by atoms with Crippen LogP contribution in [0.5, 0.6) is 5.75 Å². The lowest BCUT2D eigenvalue weighted by Crippen LogP contribution is -2.28. The third-order valence-electron chi connectivity index (χ3n) is 1.94. The van der Waals surface area contributed by atoms with Crippen molar-refractivity contribution in [1.82, 2.24) is 0 Å². The van der Waals surface area contributed by atoms with Crippen molar-refractivity contribution in [2.45, 2.75) is 18.0 Å². The normalized spacial score (nSPS) is 12.4. The van der Waals surface area contributed by atoms with Crippen LogP contribution in [0.15, 0.2) is 23.4 Å². The van der Waals surface area contributed by atoms with Crippen LogP contribution < -0.4 is 9.47 Å². The van der Waals surface area contributed by atoms with Gasteiger partial charge in [-0.05, 0) is 0 Å². The third-order valence-corrected chi connectivity index (χ3v) is 3.64. The second-order valence-electron chi connectivity index (χ2n) is 3.37. The molecule has 1 aromatic rings. The van der Waals surface area contributed by atoms with E-state index in [0.717, 1.165) is 18.5 Å². The molecule has 0 aliphatic heterocycles. The molecule has 0 fully saturated rings. The molecule has 5 nitrogen and oxygen atoms in total. The van der Waals surface area contributed by atoms with Gasteiger partial charge in [0.25, 0.3) is 0 Å². The van der Waals surface area contributed by atoms with Gasteiger partial charge in [-0.3, -0.25) is 0 Å². The number of alkyl halides is 3. The van der Waals surface area contributed by atoms with Gasteiger partial charge < -0.3 is 9.94 Å². The first-order valence-electron chi connectivity index (χ1n) is 4.80. The first-order valence-corrected chi connectivity index (χ1v) is 6.45. The number of hydrogen-bond donors (Lipinski definition) is 0. The Bertz CT molecular complexity index is 527. The maximum atomic E-state index is 11.9. The summed E-state index contributed by atoms with van der Waals surface area (Å²) in [4.78, 5) is -0.375. The molecule has 18 heavy (non-hydrogen) atoms. The number of nitrogens with zero attached hydrogens (tertiary/aromatic N) is 1. The van der Waals surface area contributed by atoms with Gasteiger partial charge in [-0.1, -0.05) is 6.92 Å². The minimum atomic E-state index is -4.56. The summed E-state index contributed by atoms with van der Waals surface area (Å²) in [5, 5.41) is 11.1. The van der Waals surface area contributed by atoms with Crippen LogP contribution in [-0.4, -0.2) is 27.0 Å². The topological polar surface area (TPSA) is 70.3 Å². The van der Waals surface area contributed by atoms with E-state index in [4.69, 9.17) is 0 Å². The summed E-state index contributed by atoms with van der Waals surface area (Å²) in [6.07, 6.45) is -3.08. The maximum absolute atomic E-state index is 11.9. The summed E-state index contributed by atoms with van der Waals surface area (Å²) >= 11 is 0. The molecule has 0 saturated carbocycles. The molecule has 1 aromatic heterocycles. The van der Waals surface area contributed by atoms with Crippen LogP contribution in [0.4, 0.5) is 13.2 Å². The minimum Gasteiger partial charge on any atom is -0.619 e. The van der Waals surface area contributed by atoms with Crippen molar-refractivity contribution in [3.05, 3.63) is 23.7 Å². The van der Waals surface area contributed by atoms with Crippen molar-refractivity contribution in [2.75, 3.05) is 12.4 Å². The summed E-state index contributed by atoms with van der Waals surface area (Å²) in [6.45, 7) is -0.240. The predicted octanol–water partition coefficient (Wildman–Crippen LogP) is 1.05. The molecule has 0 atom stereocenters. The monoisotopic (exact) mass is 285 g/mol. The molecule has 0 bridgehead atoms. The number of ether oxygens (including phenoxy) is 1. The lowest BCUT2D eigenvalue weighted by molar-refractivity contribution is -0.608. The van der Waals surface area contributed by atoms with Crippen molar-refractivity contribution in [1.29, 1.82) is 0 Å². The van der Waals surface area contributed by atoms with Crippen molar-refractivity contribution < 1.29 is 31.1 Å². The first-order chi connectivity index (χ1) is 8.14. The van der Waals surface area contributed by atoms with Gasteiger partial charge in [0.05, 0.1) is 5.75 Å². The van der Waals surface area contributed by atoms with Crippen molar-refractivity contribution in [3.8, 4) is 5.75 Å². The summed E-state index contributed by atoms with van der Waals surface area (Å²) in [6, 6.07) is 0.888. The molecule has 102 valence electrons. The van der Waals surface area contributed by atoms with Gasteiger partial charge in [0.15, 0.2) is 28.4 Å². The van der Waals surface area contributed by atoms with Gasteiger partial charge in [0, 0.05) is 6.07 Å². The third kappa shape index (κ3) is 4.06. The Balaban J connectivity index is 3.02. The van der Waals surface area contributed by atoms with E-state index in [0.29, 0.717) is 0 Å². The maximum Gasteiger partial charge on any atom is 0.422 e. The van der Waals surface area contributed by atoms with Crippen molar-refractivity contribution >= 4 is 9.84 Å². The zero-order valence-electron chi connectivity index (χ0n) is 9.27. The molecule has 1 heterocycles. The van der Waals surface area contributed by atoms with Crippen LogP contribution in [0.2, 0.25) is 0 Å². The SMILES string of the molecule is CCS(=O)(=O)c1cc(OCC(F)(F)F)c[n+]([O-])c1. The fourth-order valence-corrected chi connectivity index (χ4v) is 1.98. The van der Waals surface area contributed by atoms with Crippen LogP contribution >= 0.6 is 0 Å². The highest BCUT2D eigenvalue weighted by atomic mass is 32.2. The van der Waals surface area contributed by atoms with Crippen LogP contribution in [0, 0.1) is 5.21 Å². The van der Waals surface area contributed by atoms with E-state index < -0.39 is 28.4 Å². The zero-order valence-corrected chi connectivity index (χ0v) is 10.1. The molecule has 0 N–H and O–H groups in total. The second-order valence-corrected chi connectivity index (χ2v) is 5.65. The molecule has 0 aromatic carbocycles. The molecule has 0 amide bonds. The predicted molar refractivity (Wildman–Crippen MR) is 54.7 cm³/mol. The molecular weight excluding hydrogens is 275 g/mol. The Morgan fingerprint density at radius 3 is 2.50 bits per heavy atom. The van der Waals surface area contributed by atoms with Crippen molar-refractivity contribution in [3.63, 3.8) is 0 Å². The molecule has 0 unspecified atom stereocenters. The molecule has 1 rings (SSSR count). The number of rotatable bonds is 4. The van der Waals surface area contributed by atoms with Gasteiger partial charge in [-0.2, -0.15) is 17.9 Å². The quantitative estimate of drug-likeness (QED) is 0.612. The molecule has 0 spiro atoms. The average Bonchev–Trinajstić information content (AvgIpc) is 2.25. The Hall–Kier alpha value is -1.51. The van der Waals surface area contributed by atoms with Crippen molar-refractivity contribution in [2.24, 2.45) is 0 Å². The van der Waals surface area contributed by atoms with Crippen LogP contribution in [0.1, 0.15) is 6.92 Å². The van der Waals surface area contributed by atoms with E-state index >= 15 is 0 Å². The molecule has 9 heteroatoms.